The molecule has 0 fully saturated rings. The zero-order valence-corrected chi connectivity index (χ0v) is 19.3. The number of nitrogens with zero attached hydrogens (tertiary/aromatic N) is 2. The van der Waals surface area contributed by atoms with Gasteiger partial charge < -0.3 is 15.8 Å². The van der Waals surface area contributed by atoms with E-state index in [4.69, 9.17) is 22.1 Å². The van der Waals surface area contributed by atoms with Crippen molar-refractivity contribution < 1.29 is 13.2 Å². The number of ether oxygens (including phenoxy) is 1. The number of anilines is 2. The first kappa shape index (κ1) is 23.8. The molecule has 0 radical (unpaired) electrons. The van der Waals surface area contributed by atoms with Crippen LogP contribution < -0.4 is 20.5 Å². The number of pyridine rings is 1. The van der Waals surface area contributed by atoms with Gasteiger partial charge >= 0.3 is 0 Å². The van der Waals surface area contributed by atoms with E-state index < -0.39 is 10.0 Å². The van der Waals surface area contributed by atoms with Crippen molar-refractivity contribution >= 4 is 38.8 Å². The lowest BCUT2D eigenvalue weighted by Crippen LogP contribution is -2.15. The van der Waals surface area contributed by atoms with Gasteiger partial charge in [0.2, 0.25) is 5.88 Å². The van der Waals surface area contributed by atoms with Crippen LogP contribution in [0.2, 0.25) is 5.02 Å². The van der Waals surface area contributed by atoms with E-state index in [1.807, 2.05) is 30.3 Å². The highest BCUT2D eigenvalue weighted by molar-refractivity contribution is 7.92. The van der Waals surface area contributed by atoms with Crippen molar-refractivity contribution in [3.05, 3.63) is 102 Å². The van der Waals surface area contributed by atoms with E-state index in [0.717, 1.165) is 5.56 Å². The summed E-state index contributed by atoms with van der Waals surface area (Å²) in [6.45, 7) is 3.89. The molecule has 0 unspecified atom stereocenters. The van der Waals surface area contributed by atoms with Crippen molar-refractivity contribution in [2.24, 2.45) is 10.7 Å². The van der Waals surface area contributed by atoms with Gasteiger partial charge in [-0.1, -0.05) is 48.5 Å². The second-order valence-electron chi connectivity index (χ2n) is 6.69. The van der Waals surface area contributed by atoms with Crippen molar-refractivity contribution in [1.29, 1.82) is 0 Å². The number of sulfonamides is 1. The maximum absolute atomic E-state index is 12.9. The first-order valence-electron chi connectivity index (χ1n) is 9.62. The van der Waals surface area contributed by atoms with E-state index in [-0.39, 0.29) is 10.8 Å². The monoisotopic (exact) mass is 483 g/mol. The number of halogens is 1. The first-order valence-corrected chi connectivity index (χ1v) is 11.5. The minimum atomic E-state index is -3.99. The van der Waals surface area contributed by atoms with E-state index in [0.29, 0.717) is 27.9 Å². The molecule has 0 amide bonds. The van der Waals surface area contributed by atoms with Gasteiger partial charge in [-0.15, -0.1) is 0 Å². The third-order valence-corrected chi connectivity index (χ3v) is 5.89. The molecular formula is C23H22ClN5O3S. The molecule has 4 N–H and O–H groups in total. The van der Waals surface area contributed by atoms with Crippen LogP contribution in [0.4, 0.5) is 11.4 Å². The minimum Gasteiger partial charge on any atom is -0.480 e. The molecule has 3 rings (SSSR count). The number of rotatable bonds is 9. The van der Waals surface area contributed by atoms with Gasteiger partial charge in [-0.25, -0.2) is 18.4 Å². The van der Waals surface area contributed by atoms with Crippen molar-refractivity contribution in [2.75, 3.05) is 17.1 Å². The molecular weight excluding hydrogens is 462 g/mol. The largest absolute Gasteiger partial charge is 0.480 e. The smallest absolute Gasteiger partial charge is 0.267 e. The van der Waals surface area contributed by atoms with Crippen molar-refractivity contribution in [2.45, 2.75) is 4.90 Å². The van der Waals surface area contributed by atoms with Gasteiger partial charge in [0.25, 0.3) is 10.0 Å². The highest BCUT2D eigenvalue weighted by Crippen LogP contribution is 2.27. The van der Waals surface area contributed by atoms with E-state index in [2.05, 4.69) is 26.6 Å². The summed E-state index contributed by atoms with van der Waals surface area (Å²) < 4.78 is 33.5. The number of methoxy groups -OCH3 is 1. The molecule has 8 nitrogen and oxygen atoms in total. The van der Waals surface area contributed by atoms with Crippen LogP contribution >= 0.6 is 11.6 Å². The molecule has 1 heterocycles. The van der Waals surface area contributed by atoms with E-state index in [1.54, 1.807) is 30.3 Å². The van der Waals surface area contributed by atoms with Crippen LogP contribution in [0.3, 0.4) is 0 Å². The molecule has 0 spiro atoms. The number of hydrogen-bond donors (Lipinski definition) is 3. The Labute approximate surface area is 197 Å². The lowest BCUT2D eigenvalue weighted by atomic mass is 10.2. The third-order valence-electron chi connectivity index (χ3n) is 4.26. The minimum absolute atomic E-state index is 0.0524. The number of amidine groups is 1. The molecule has 0 bridgehead atoms. The summed E-state index contributed by atoms with van der Waals surface area (Å²) in [5.41, 5.74) is 7.93. The molecule has 0 aliphatic rings. The van der Waals surface area contributed by atoms with Crippen LogP contribution in [0.5, 0.6) is 5.88 Å². The molecule has 10 heteroatoms. The molecule has 170 valence electrons. The Balaban J connectivity index is 1.76. The summed E-state index contributed by atoms with van der Waals surface area (Å²) in [6, 6.07) is 17.0. The van der Waals surface area contributed by atoms with Gasteiger partial charge in [-0.3, -0.25) is 4.72 Å². The molecule has 33 heavy (non-hydrogen) atoms. The van der Waals surface area contributed by atoms with Gasteiger partial charge in [-0.05, 0) is 36.4 Å². The topological polar surface area (TPSA) is 119 Å². The second-order valence-corrected chi connectivity index (χ2v) is 8.78. The van der Waals surface area contributed by atoms with Crippen molar-refractivity contribution in [3.63, 3.8) is 0 Å². The lowest BCUT2D eigenvalue weighted by Gasteiger charge is -2.13. The maximum Gasteiger partial charge on any atom is 0.267 e. The molecule has 0 saturated heterocycles. The van der Waals surface area contributed by atoms with Crippen molar-refractivity contribution in [1.82, 2.24) is 4.98 Å². The third kappa shape index (κ3) is 6.58. The normalized spacial score (nSPS) is 11.9. The van der Waals surface area contributed by atoms with E-state index in [1.165, 1.54) is 25.6 Å². The number of hydrogen-bond acceptors (Lipinski definition) is 6. The summed E-state index contributed by atoms with van der Waals surface area (Å²) in [4.78, 5) is 8.11. The zero-order valence-electron chi connectivity index (χ0n) is 17.7. The van der Waals surface area contributed by atoms with E-state index in [9.17, 15) is 8.42 Å². The highest BCUT2D eigenvalue weighted by atomic mass is 35.5. The Morgan fingerprint density at radius 2 is 1.85 bits per heavy atom. The summed E-state index contributed by atoms with van der Waals surface area (Å²) in [7, 11) is -2.65. The standard InChI is InChI=1S/C23H22ClN5O3S/c1-16(12-13-26-22(25)17-6-4-3-5-7-17)28-20-14-21(23(32-2)27-15-20)33(30,31)29-19-10-8-18(24)9-11-19/h3-15,28-29H,1H2,2H3,(H2,25,26)/b13-12+. The van der Waals surface area contributed by atoms with Gasteiger partial charge in [0.1, 0.15) is 5.84 Å². The molecule has 0 atom stereocenters. The fraction of sp³-hybridized carbons (Fsp3) is 0.0435. The number of nitrogens with two attached hydrogens (primary N) is 1. The Bertz CT molecular complexity index is 1290. The first-order chi connectivity index (χ1) is 15.8. The average Bonchev–Trinajstić information content (AvgIpc) is 2.81. The predicted molar refractivity (Wildman–Crippen MR) is 132 cm³/mol. The fourth-order valence-electron chi connectivity index (χ4n) is 2.69. The number of benzene rings is 2. The molecule has 0 saturated carbocycles. The van der Waals surface area contributed by atoms with Crippen LogP contribution in [0.25, 0.3) is 0 Å². The number of allylic oxidation sites excluding steroid dienone is 1. The fourth-order valence-corrected chi connectivity index (χ4v) is 4.02. The maximum atomic E-state index is 12.9. The van der Waals surface area contributed by atoms with Gasteiger partial charge in [-0.2, -0.15) is 0 Å². The Kier molecular flexibility index (Phi) is 7.70. The van der Waals surface area contributed by atoms with Crippen LogP contribution in [0.15, 0.2) is 101 Å². The van der Waals surface area contributed by atoms with Crippen molar-refractivity contribution in [3.8, 4) is 5.88 Å². The molecule has 0 aliphatic heterocycles. The average molecular weight is 484 g/mol. The second kappa shape index (κ2) is 10.7. The lowest BCUT2D eigenvalue weighted by molar-refractivity contribution is 0.385. The Morgan fingerprint density at radius 3 is 2.52 bits per heavy atom. The van der Waals surface area contributed by atoms with Gasteiger partial charge in [0.05, 0.1) is 19.0 Å². The summed E-state index contributed by atoms with van der Waals surface area (Å²) >= 11 is 5.86. The zero-order chi connectivity index (χ0) is 23.8. The summed E-state index contributed by atoms with van der Waals surface area (Å²) in [6.07, 6.45) is 4.52. The summed E-state index contributed by atoms with van der Waals surface area (Å²) in [5, 5.41) is 3.46. The number of nitrogens with one attached hydrogen (secondary N) is 2. The van der Waals surface area contributed by atoms with Crippen LogP contribution in [0, 0.1) is 0 Å². The van der Waals surface area contributed by atoms with E-state index >= 15 is 0 Å². The SMILES string of the molecule is C=C(/C=C/N=C(N)c1ccccc1)Nc1cnc(OC)c(S(=O)(=O)Nc2ccc(Cl)cc2)c1. The van der Waals surface area contributed by atoms with Crippen LogP contribution in [0.1, 0.15) is 5.56 Å². The van der Waals surface area contributed by atoms with Crippen LogP contribution in [-0.4, -0.2) is 26.3 Å². The molecule has 0 aliphatic carbocycles. The molecule has 1 aromatic heterocycles. The quantitative estimate of drug-likeness (QED) is 0.236. The Hall–Kier alpha value is -3.82. The molecule has 2 aromatic carbocycles. The van der Waals surface area contributed by atoms with Gasteiger partial charge in [0.15, 0.2) is 4.90 Å². The van der Waals surface area contributed by atoms with Gasteiger partial charge in [0, 0.05) is 28.2 Å². The van der Waals surface area contributed by atoms with Crippen LogP contribution in [-0.2, 0) is 10.0 Å². The number of aliphatic imine (C=N–C) groups is 1. The Morgan fingerprint density at radius 1 is 1.15 bits per heavy atom. The molecule has 3 aromatic rings. The summed E-state index contributed by atoms with van der Waals surface area (Å²) in [5.74, 6) is 0.302. The highest BCUT2D eigenvalue weighted by Gasteiger charge is 2.22. The number of aromatic nitrogens is 1. The predicted octanol–water partition coefficient (Wildman–Crippen LogP) is 4.39.